The normalized spacial score (nSPS) is 10.9. The van der Waals surface area contributed by atoms with Gasteiger partial charge in [-0.15, -0.1) is 0 Å². The van der Waals surface area contributed by atoms with E-state index in [2.05, 4.69) is 20.9 Å². The molecule has 0 saturated heterocycles. The Bertz CT molecular complexity index is 876. The maximum absolute atomic E-state index is 12.5. The molecule has 0 aliphatic rings. The quantitative estimate of drug-likeness (QED) is 0.732. The first-order valence-electron chi connectivity index (χ1n) is 5.99. The first-order valence-corrected chi connectivity index (χ1v) is 6.78. The Labute approximate surface area is 122 Å². The Balaban J connectivity index is 2.12. The van der Waals surface area contributed by atoms with Crippen molar-refractivity contribution in [1.82, 2.24) is 4.98 Å². The van der Waals surface area contributed by atoms with E-state index >= 15 is 0 Å². The van der Waals surface area contributed by atoms with Crippen LogP contribution in [0.1, 0.15) is 21.5 Å². The summed E-state index contributed by atoms with van der Waals surface area (Å²) >= 11 is 3.43. The lowest BCUT2D eigenvalue weighted by atomic mass is 10.0. The minimum atomic E-state index is -0.527. The number of nitrogens with one attached hydrogen (secondary N) is 1. The molecule has 100 valence electrons. The van der Waals surface area contributed by atoms with Gasteiger partial charge in [0.25, 0.3) is 0 Å². The molecule has 3 aromatic rings. The van der Waals surface area contributed by atoms with Gasteiger partial charge in [0.15, 0.2) is 11.4 Å². The van der Waals surface area contributed by atoms with Crippen molar-refractivity contribution in [3.05, 3.63) is 68.1 Å². The van der Waals surface area contributed by atoms with Crippen LogP contribution < -0.4 is 5.76 Å². The topological polar surface area (TPSA) is 63.1 Å². The summed E-state index contributed by atoms with van der Waals surface area (Å²) in [5.74, 6) is -0.646. The fraction of sp³-hybridized carbons (Fsp3) is 0.0667. The number of H-pyrrole nitrogens is 1. The first kappa shape index (κ1) is 12.9. The van der Waals surface area contributed by atoms with Crippen LogP contribution in [-0.4, -0.2) is 10.8 Å². The van der Waals surface area contributed by atoms with Crippen molar-refractivity contribution in [3.63, 3.8) is 0 Å². The largest absolute Gasteiger partial charge is 0.417 e. The number of rotatable bonds is 2. The molecule has 4 nitrogen and oxygen atoms in total. The van der Waals surface area contributed by atoms with E-state index in [9.17, 15) is 9.59 Å². The molecule has 0 amide bonds. The lowest BCUT2D eigenvalue weighted by Gasteiger charge is -2.06. The summed E-state index contributed by atoms with van der Waals surface area (Å²) in [5.41, 5.74) is 3.01. The van der Waals surface area contributed by atoms with Crippen LogP contribution in [0.3, 0.4) is 0 Å². The summed E-state index contributed by atoms with van der Waals surface area (Å²) in [7, 11) is 0. The second kappa shape index (κ2) is 4.76. The molecule has 1 heterocycles. The highest BCUT2D eigenvalue weighted by atomic mass is 79.9. The van der Waals surface area contributed by atoms with Gasteiger partial charge in [-0.2, -0.15) is 0 Å². The third-order valence-electron chi connectivity index (χ3n) is 3.12. The van der Waals surface area contributed by atoms with Crippen molar-refractivity contribution in [1.29, 1.82) is 0 Å². The zero-order valence-electron chi connectivity index (χ0n) is 10.6. The van der Waals surface area contributed by atoms with Gasteiger partial charge < -0.3 is 4.42 Å². The fourth-order valence-electron chi connectivity index (χ4n) is 2.06. The number of halogens is 1. The van der Waals surface area contributed by atoms with Crippen molar-refractivity contribution in [3.8, 4) is 0 Å². The zero-order chi connectivity index (χ0) is 14.3. The number of benzene rings is 2. The monoisotopic (exact) mass is 331 g/mol. The van der Waals surface area contributed by atoms with E-state index in [4.69, 9.17) is 4.42 Å². The number of oxazole rings is 1. The van der Waals surface area contributed by atoms with Gasteiger partial charge in [0.2, 0.25) is 0 Å². The smallest absolute Gasteiger partial charge is 0.408 e. The highest BCUT2D eigenvalue weighted by Crippen LogP contribution is 2.24. The van der Waals surface area contributed by atoms with Crippen molar-refractivity contribution in [2.75, 3.05) is 0 Å². The summed E-state index contributed by atoms with van der Waals surface area (Å²) in [6.07, 6.45) is 0. The molecule has 0 unspecified atom stereocenters. The Morgan fingerprint density at radius 2 is 2.05 bits per heavy atom. The second-order valence-corrected chi connectivity index (χ2v) is 5.28. The van der Waals surface area contributed by atoms with Gasteiger partial charge in [0.1, 0.15) is 0 Å². The third-order valence-corrected chi connectivity index (χ3v) is 4.17. The molecule has 0 aliphatic heterocycles. The highest BCUT2D eigenvalue weighted by Gasteiger charge is 2.15. The van der Waals surface area contributed by atoms with Gasteiger partial charge in [0, 0.05) is 15.6 Å². The average Bonchev–Trinajstić information content (AvgIpc) is 2.80. The van der Waals surface area contributed by atoms with Gasteiger partial charge in [-0.25, -0.2) is 4.79 Å². The molecular formula is C15H10BrNO3. The van der Waals surface area contributed by atoms with Crippen molar-refractivity contribution in [2.45, 2.75) is 6.92 Å². The molecular weight excluding hydrogens is 322 g/mol. The SMILES string of the molecule is Cc1cccc(C(=O)c2ccc3[nH]c(=O)oc3c2)c1Br. The van der Waals surface area contributed by atoms with Gasteiger partial charge in [-0.05, 0) is 52.7 Å². The Hall–Kier alpha value is -2.14. The Kier molecular flexibility index (Phi) is 3.06. The van der Waals surface area contributed by atoms with E-state index in [1.807, 2.05) is 19.1 Å². The number of aromatic nitrogens is 1. The summed E-state index contributed by atoms with van der Waals surface area (Å²) in [6, 6.07) is 10.4. The lowest BCUT2D eigenvalue weighted by molar-refractivity contribution is 0.103. The van der Waals surface area contributed by atoms with Crippen LogP contribution >= 0.6 is 15.9 Å². The third kappa shape index (κ3) is 2.10. The van der Waals surface area contributed by atoms with E-state index in [0.29, 0.717) is 22.2 Å². The molecule has 0 radical (unpaired) electrons. The van der Waals surface area contributed by atoms with Crippen LogP contribution in [-0.2, 0) is 0 Å². The summed E-state index contributed by atoms with van der Waals surface area (Å²) < 4.78 is 5.75. The van der Waals surface area contributed by atoms with E-state index in [-0.39, 0.29) is 5.78 Å². The molecule has 0 bridgehead atoms. The summed E-state index contributed by atoms with van der Waals surface area (Å²) in [6.45, 7) is 1.93. The molecule has 0 aliphatic carbocycles. The molecule has 0 atom stereocenters. The van der Waals surface area contributed by atoms with Gasteiger partial charge in [0.05, 0.1) is 5.52 Å². The van der Waals surface area contributed by atoms with E-state index in [1.54, 1.807) is 24.3 Å². The number of aromatic amines is 1. The number of fused-ring (bicyclic) bond motifs is 1. The number of carbonyl (C=O) groups excluding carboxylic acids is 1. The van der Waals surface area contributed by atoms with E-state index < -0.39 is 5.76 Å². The van der Waals surface area contributed by atoms with Crippen LogP contribution in [0.25, 0.3) is 11.1 Å². The molecule has 0 saturated carbocycles. The van der Waals surface area contributed by atoms with Crippen LogP contribution in [0, 0.1) is 6.92 Å². The predicted molar refractivity (Wildman–Crippen MR) is 79.1 cm³/mol. The van der Waals surface area contributed by atoms with Gasteiger partial charge in [-0.3, -0.25) is 9.78 Å². The number of ketones is 1. The molecule has 2 aromatic carbocycles. The standard InChI is InChI=1S/C15H10BrNO3/c1-8-3-2-4-10(13(8)16)14(18)9-5-6-11-12(7-9)20-15(19)17-11/h2-7H,1H3,(H,17,19). The zero-order valence-corrected chi connectivity index (χ0v) is 12.2. The molecule has 1 aromatic heterocycles. The fourth-order valence-corrected chi connectivity index (χ4v) is 2.51. The van der Waals surface area contributed by atoms with Crippen molar-refractivity contribution >= 4 is 32.8 Å². The van der Waals surface area contributed by atoms with E-state index in [0.717, 1.165) is 10.0 Å². The first-order chi connectivity index (χ1) is 9.56. The molecule has 20 heavy (non-hydrogen) atoms. The minimum Gasteiger partial charge on any atom is -0.408 e. The minimum absolute atomic E-state index is 0.119. The van der Waals surface area contributed by atoms with Crippen molar-refractivity contribution in [2.24, 2.45) is 0 Å². The van der Waals surface area contributed by atoms with Crippen LogP contribution in [0.15, 0.2) is 50.1 Å². The molecule has 5 heteroatoms. The Morgan fingerprint density at radius 1 is 1.25 bits per heavy atom. The predicted octanol–water partition coefficient (Wildman–Crippen LogP) is 3.42. The summed E-state index contributed by atoms with van der Waals surface area (Å²) in [5, 5.41) is 0. The molecule has 1 N–H and O–H groups in total. The van der Waals surface area contributed by atoms with Crippen LogP contribution in [0.4, 0.5) is 0 Å². The number of hydrogen-bond donors (Lipinski definition) is 1. The van der Waals surface area contributed by atoms with Gasteiger partial charge in [-0.1, -0.05) is 12.1 Å². The van der Waals surface area contributed by atoms with Crippen LogP contribution in [0.2, 0.25) is 0 Å². The number of carbonyl (C=O) groups is 1. The van der Waals surface area contributed by atoms with Crippen LogP contribution in [0.5, 0.6) is 0 Å². The number of hydrogen-bond acceptors (Lipinski definition) is 3. The van der Waals surface area contributed by atoms with Crippen molar-refractivity contribution < 1.29 is 9.21 Å². The molecule has 0 spiro atoms. The number of aryl methyl sites for hydroxylation is 1. The highest BCUT2D eigenvalue weighted by molar-refractivity contribution is 9.10. The van der Waals surface area contributed by atoms with Gasteiger partial charge >= 0.3 is 5.76 Å². The molecule has 0 fully saturated rings. The molecule has 3 rings (SSSR count). The maximum Gasteiger partial charge on any atom is 0.417 e. The second-order valence-electron chi connectivity index (χ2n) is 4.49. The average molecular weight is 332 g/mol. The Morgan fingerprint density at radius 3 is 2.85 bits per heavy atom. The van der Waals surface area contributed by atoms with E-state index in [1.165, 1.54) is 0 Å². The summed E-state index contributed by atoms with van der Waals surface area (Å²) in [4.78, 5) is 26.2. The lowest BCUT2D eigenvalue weighted by Crippen LogP contribution is -2.02. The maximum atomic E-state index is 12.5.